The van der Waals surface area contributed by atoms with Crippen LogP contribution < -0.4 is 0 Å². The summed E-state index contributed by atoms with van der Waals surface area (Å²) in [7, 11) is 6.73. The average Bonchev–Trinajstić information content (AvgIpc) is 1.64. The predicted octanol–water partition coefficient (Wildman–Crippen LogP) is 28.0. The zero-order valence-corrected chi connectivity index (χ0v) is 67.2. The molecular formula is C94H161N3O4. The van der Waals surface area contributed by atoms with Gasteiger partial charge in [-0.3, -0.25) is 9.88 Å². The summed E-state index contributed by atoms with van der Waals surface area (Å²) in [6.45, 7) is 10.4. The molecule has 0 amide bonds. The van der Waals surface area contributed by atoms with Gasteiger partial charge in [0.05, 0.1) is 24.4 Å². The molecular weight excluding hydrogens is 1240 g/mol. The third kappa shape index (κ3) is 41.5. The highest BCUT2D eigenvalue weighted by atomic mass is 16.8. The number of unbranched alkanes of at least 4 members (excludes halogenated alkanes) is 31. The molecule has 0 bridgehead atoms. The summed E-state index contributed by atoms with van der Waals surface area (Å²) in [5.74, 6) is 0.867. The molecule has 0 N–H and O–H groups in total. The highest BCUT2D eigenvalue weighted by molar-refractivity contribution is 5.09. The van der Waals surface area contributed by atoms with Crippen LogP contribution in [0.15, 0.2) is 122 Å². The van der Waals surface area contributed by atoms with E-state index >= 15 is 0 Å². The van der Waals surface area contributed by atoms with E-state index in [2.05, 4.69) is 167 Å². The highest BCUT2D eigenvalue weighted by Crippen LogP contribution is 2.46. The number of hydrogen-bond donors (Lipinski definition) is 0. The molecule has 7 heteroatoms. The normalized spacial score (nSPS) is 23.3. The smallest absolute Gasteiger partial charge is 0.169 e. The number of aromatic nitrogens is 1. The van der Waals surface area contributed by atoms with E-state index in [0.717, 1.165) is 95.4 Å². The quantitative estimate of drug-likeness (QED) is 0.0476. The van der Waals surface area contributed by atoms with Gasteiger partial charge in [0.2, 0.25) is 0 Å². The second-order valence-electron chi connectivity index (χ2n) is 32.3. The van der Waals surface area contributed by atoms with E-state index in [0.29, 0.717) is 18.2 Å². The molecule has 0 spiro atoms. The largest absolute Gasteiger partial charge is 0.344 e. The van der Waals surface area contributed by atoms with Crippen LogP contribution in [0.1, 0.15) is 386 Å². The number of nitrogens with zero attached hydrogens (tertiary/aromatic N) is 3. The summed E-state index contributed by atoms with van der Waals surface area (Å²) in [4.78, 5) is 9.25. The van der Waals surface area contributed by atoms with E-state index in [4.69, 9.17) is 18.9 Å². The Bertz CT molecular complexity index is 2320. The van der Waals surface area contributed by atoms with E-state index in [1.54, 1.807) is 0 Å². The van der Waals surface area contributed by atoms with Crippen LogP contribution in [0, 0.1) is 11.8 Å². The fraction of sp³-hybridized carbons (Fsp3) is 0.777. The van der Waals surface area contributed by atoms with Crippen molar-refractivity contribution in [3.05, 3.63) is 127 Å². The van der Waals surface area contributed by atoms with Gasteiger partial charge in [-0.2, -0.15) is 0 Å². The van der Waals surface area contributed by atoms with Crippen molar-refractivity contribution in [3.8, 4) is 0 Å². The molecule has 5 rings (SSSR count). The standard InChI is InChI=1S/C94H161N3O4/c1-8-11-13-15-17-19-21-23-25-28-33-39-45-51-57-63-74-93(98-89-73-72-87(96(5)6)79-90(89)99-93)75-64-58-52-46-40-35-30-27-31-37-43-49-55-61-69-84(4)86(68-10-3)71-62-56-50-44-38-32-36-42-48-54-60-66-77-94(76-65-59-53-47-41-34-29-26-24-22-20-18-16-14-12-9-2)100-91-80-88(81-92(91)101-94)97(7)83-85-70-67-78-95-82-85/h17-20,23-27,31,38,43-44,49,56,62,67,70,78,82,84,86-92H,8-16,21-22,28-30,32-37,39-42,45-48,50-55,57-61,63-66,68-69,71-77,79-81,83H2,1-7H3. The van der Waals surface area contributed by atoms with E-state index in [1.165, 1.54) is 282 Å². The van der Waals surface area contributed by atoms with Crippen molar-refractivity contribution in [1.82, 2.24) is 14.8 Å². The minimum absolute atomic E-state index is 0.226. The first kappa shape index (κ1) is 88.5. The minimum atomic E-state index is -0.377. The van der Waals surface area contributed by atoms with Crippen LogP contribution in [-0.2, 0) is 25.5 Å². The van der Waals surface area contributed by atoms with Crippen LogP contribution in [0.3, 0.4) is 0 Å². The third-order valence-corrected chi connectivity index (χ3v) is 23.1. The summed E-state index contributed by atoms with van der Waals surface area (Å²) in [6.07, 6.45) is 112. The Morgan fingerprint density at radius 3 is 1.14 bits per heavy atom. The van der Waals surface area contributed by atoms with Gasteiger partial charge in [0.1, 0.15) is 0 Å². The molecule has 1 aromatic rings. The summed E-state index contributed by atoms with van der Waals surface area (Å²) >= 11 is 0. The van der Waals surface area contributed by atoms with Crippen molar-refractivity contribution < 1.29 is 18.9 Å². The van der Waals surface area contributed by atoms with Gasteiger partial charge in [0, 0.05) is 56.7 Å². The second kappa shape index (κ2) is 58.9. The van der Waals surface area contributed by atoms with Crippen molar-refractivity contribution in [1.29, 1.82) is 0 Å². The van der Waals surface area contributed by atoms with Crippen molar-refractivity contribution in [2.24, 2.45) is 11.8 Å². The van der Waals surface area contributed by atoms with Crippen LogP contribution in [-0.4, -0.2) is 84.0 Å². The molecule has 4 fully saturated rings. The maximum Gasteiger partial charge on any atom is 0.169 e. The summed E-state index contributed by atoms with van der Waals surface area (Å²) in [5, 5.41) is 0. The zero-order chi connectivity index (χ0) is 71.6. The molecule has 4 aliphatic rings. The summed E-state index contributed by atoms with van der Waals surface area (Å²) in [5.41, 5.74) is 1.28. The molecule has 2 saturated heterocycles. The Labute approximate surface area is 626 Å². The first-order valence-electron chi connectivity index (χ1n) is 43.8. The Morgan fingerprint density at radius 1 is 0.396 bits per heavy atom. The number of hydrogen-bond acceptors (Lipinski definition) is 7. The Morgan fingerprint density at radius 2 is 0.752 bits per heavy atom. The van der Waals surface area contributed by atoms with Crippen LogP contribution in [0.5, 0.6) is 0 Å². The summed E-state index contributed by atoms with van der Waals surface area (Å²) < 4.78 is 28.1. The van der Waals surface area contributed by atoms with Crippen molar-refractivity contribution >= 4 is 0 Å². The minimum Gasteiger partial charge on any atom is -0.344 e. The molecule has 101 heavy (non-hydrogen) atoms. The van der Waals surface area contributed by atoms with E-state index in [1.807, 2.05) is 18.5 Å². The topological polar surface area (TPSA) is 56.3 Å². The molecule has 3 heterocycles. The number of pyridine rings is 1. The van der Waals surface area contributed by atoms with E-state index < -0.39 is 0 Å². The molecule has 0 aromatic carbocycles. The molecule has 8 atom stereocenters. The molecule has 576 valence electrons. The number of rotatable bonds is 65. The van der Waals surface area contributed by atoms with Crippen molar-refractivity contribution in [3.63, 3.8) is 0 Å². The Hall–Kier alpha value is -3.17. The van der Waals surface area contributed by atoms with Gasteiger partial charge in [0.25, 0.3) is 0 Å². The lowest BCUT2D eigenvalue weighted by Gasteiger charge is -2.33. The Balaban J connectivity index is 0.844. The Kier molecular flexibility index (Phi) is 51.6. The van der Waals surface area contributed by atoms with Gasteiger partial charge in [-0.1, -0.05) is 279 Å². The number of allylic oxidation sites excluding steroid dienone is 16. The molecule has 2 aliphatic carbocycles. The maximum atomic E-state index is 7.06. The van der Waals surface area contributed by atoms with Gasteiger partial charge in [-0.15, -0.1) is 0 Å². The average molecular weight is 1400 g/mol. The molecule has 0 radical (unpaired) electrons. The first-order valence-corrected chi connectivity index (χ1v) is 43.8. The van der Waals surface area contributed by atoms with Crippen LogP contribution in [0.4, 0.5) is 0 Å². The fourth-order valence-corrected chi connectivity index (χ4v) is 16.6. The highest BCUT2D eigenvalue weighted by Gasteiger charge is 2.52. The maximum absolute atomic E-state index is 7.06. The van der Waals surface area contributed by atoms with Gasteiger partial charge in [-0.05, 0) is 224 Å². The van der Waals surface area contributed by atoms with E-state index in [-0.39, 0.29) is 29.9 Å². The molecule has 8 unspecified atom stereocenters. The van der Waals surface area contributed by atoms with Crippen molar-refractivity contribution in [2.75, 3.05) is 21.1 Å². The second-order valence-corrected chi connectivity index (χ2v) is 32.3. The monoisotopic (exact) mass is 1400 g/mol. The van der Waals surface area contributed by atoms with E-state index in [9.17, 15) is 0 Å². The lowest BCUT2D eigenvalue weighted by atomic mass is 9.84. The molecule has 7 nitrogen and oxygen atoms in total. The SMILES string of the molecule is CCCCCC=CCC=CCCCCCCCCC1(CCCCCCCCC=CCC=CCCCC(C)C(CC=CCC=CCCCCCCCCC2(CCCCCCCCC=CCC=CCCCCC)OC3CC(N(C)Cc4cccnc4)CC3O2)CCC)OC2CCC(N(C)C)CC2O1. The van der Waals surface area contributed by atoms with Crippen LogP contribution >= 0.6 is 0 Å². The fourth-order valence-electron chi connectivity index (χ4n) is 16.6. The van der Waals surface area contributed by atoms with Crippen LogP contribution in [0.2, 0.25) is 0 Å². The van der Waals surface area contributed by atoms with Crippen LogP contribution in [0.25, 0.3) is 0 Å². The lowest BCUT2D eigenvalue weighted by Crippen LogP contribution is -2.40. The lowest BCUT2D eigenvalue weighted by molar-refractivity contribution is -0.193. The zero-order valence-electron chi connectivity index (χ0n) is 67.2. The number of fused-ring (bicyclic) bond motifs is 2. The molecule has 2 saturated carbocycles. The van der Waals surface area contributed by atoms with Gasteiger partial charge in [-0.25, -0.2) is 0 Å². The molecule has 1 aromatic heterocycles. The van der Waals surface area contributed by atoms with Gasteiger partial charge in [0.15, 0.2) is 11.6 Å². The summed E-state index contributed by atoms with van der Waals surface area (Å²) in [6, 6.07) is 5.35. The molecule has 2 aliphatic heterocycles. The first-order chi connectivity index (χ1) is 49.7. The van der Waals surface area contributed by atoms with Gasteiger partial charge >= 0.3 is 0 Å². The third-order valence-electron chi connectivity index (χ3n) is 23.1. The predicted molar refractivity (Wildman–Crippen MR) is 439 cm³/mol. The van der Waals surface area contributed by atoms with Crippen molar-refractivity contribution in [2.45, 2.75) is 435 Å². The van der Waals surface area contributed by atoms with Gasteiger partial charge < -0.3 is 23.8 Å². The number of ether oxygens (including phenoxy) is 4.